The van der Waals surface area contributed by atoms with Gasteiger partial charge < -0.3 is 9.64 Å². The molecule has 2 rings (SSSR count). The molecule has 1 aromatic carbocycles. The van der Waals surface area contributed by atoms with Gasteiger partial charge in [-0.05, 0) is 24.6 Å². The molecule has 0 saturated carbocycles. The van der Waals surface area contributed by atoms with Crippen molar-refractivity contribution in [3.63, 3.8) is 0 Å². The topological polar surface area (TPSA) is 12.5 Å². The van der Waals surface area contributed by atoms with Crippen molar-refractivity contribution in [2.75, 3.05) is 14.1 Å². The second kappa shape index (κ2) is 5.58. The molecule has 0 aromatic heterocycles. The zero-order valence-electron chi connectivity index (χ0n) is 11.2. The summed E-state index contributed by atoms with van der Waals surface area (Å²) in [5.41, 5.74) is 2.38. The Balaban J connectivity index is 2.22. The minimum atomic E-state index is 0.924. The van der Waals surface area contributed by atoms with E-state index in [-0.39, 0.29) is 0 Å². The molecule has 94 valence electrons. The van der Waals surface area contributed by atoms with E-state index in [1.54, 1.807) is 0 Å². The van der Waals surface area contributed by atoms with Gasteiger partial charge in [0.1, 0.15) is 5.76 Å². The van der Waals surface area contributed by atoms with Crippen molar-refractivity contribution in [1.29, 1.82) is 0 Å². The molecular formula is C16H19NO. The highest BCUT2D eigenvalue weighted by molar-refractivity contribution is 5.52. The summed E-state index contributed by atoms with van der Waals surface area (Å²) in [6.07, 6.45) is 7.15. The molecule has 1 aliphatic heterocycles. The second-order valence-electron chi connectivity index (χ2n) is 4.57. The molecule has 1 heterocycles. The van der Waals surface area contributed by atoms with E-state index in [4.69, 9.17) is 4.74 Å². The lowest BCUT2D eigenvalue weighted by Crippen LogP contribution is -2.16. The van der Waals surface area contributed by atoms with Crippen LogP contribution >= 0.6 is 0 Å². The van der Waals surface area contributed by atoms with Crippen LogP contribution in [0.25, 0.3) is 6.08 Å². The van der Waals surface area contributed by atoms with Gasteiger partial charge in [-0.2, -0.15) is 0 Å². The van der Waals surface area contributed by atoms with E-state index in [2.05, 4.69) is 29.2 Å². The minimum absolute atomic E-state index is 0.924. The Morgan fingerprint density at radius 1 is 1.11 bits per heavy atom. The van der Waals surface area contributed by atoms with Crippen molar-refractivity contribution < 1.29 is 4.74 Å². The predicted octanol–water partition coefficient (Wildman–Crippen LogP) is 3.80. The van der Waals surface area contributed by atoms with Crippen LogP contribution in [0, 0.1) is 0 Å². The van der Waals surface area contributed by atoms with Gasteiger partial charge in [-0.25, -0.2) is 0 Å². The molecule has 0 fully saturated rings. The second-order valence-corrected chi connectivity index (χ2v) is 4.57. The Hall–Kier alpha value is -1.96. The van der Waals surface area contributed by atoms with Gasteiger partial charge in [0.15, 0.2) is 0 Å². The Kier molecular flexibility index (Phi) is 3.88. The molecule has 1 aromatic rings. The Morgan fingerprint density at radius 3 is 2.50 bits per heavy atom. The average molecular weight is 241 g/mol. The maximum absolute atomic E-state index is 5.79. The molecule has 2 heteroatoms. The first-order valence-electron chi connectivity index (χ1n) is 6.15. The van der Waals surface area contributed by atoms with Gasteiger partial charge in [0.25, 0.3) is 0 Å². The number of hydrogen-bond acceptors (Lipinski definition) is 2. The van der Waals surface area contributed by atoms with E-state index >= 15 is 0 Å². The lowest BCUT2D eigenvalue weighted by molar-refractivity contribution is 0.286. The van der Waals surface area contributed by atoms with Gasteiger partial charge in [-0.15, -0.1) is 0 Å². The van der Waals surface area contributed by atoms with Gasteiger partial charge in [-0.3, -0.25) is 0 Å². The van der Waals surface area contributed by atoms with E-state index in [1.165, 1.54) is 11.3 Å². The summed E-state index contributed by atoms with van der Waals surface area (Å²) in [6, 6.07) is 10.3. The van der Waals surface area contributed by atoms with Crippen molar-refractivity contribution in [2.24, 2.45) is 0 Å². The van der Waals surface area contributed by atoms with Gasteiger partial charge in [0.2, 0.25) is 0 Å². The Labute approximate surface area is 109 Å². The average Bonchev–Trinajstić information content (AvgIpc) is 2.37. The van der Waals surface area contributed by atoms with E-state index in [1.807, 2.05) is 45.3 Å². The van der Waals surface area contributed by atoms with Gasteiger partial charge in [0, 0.05) is 20.5 Å². The van der Waals surface area contributed by atoms with Gasteiger partial charge in [0.05, 0.1) is 11.5 Å². The SMILES string of the molecule is CC1=CCC(N(C)C)=C(C=Cc2ccccc2)O1. The fourth-order valence-corrected chi connectivity index (χ4v) is 1.88. The van der Waals surface area contributed by atoms with Crippen molar-refractivity contribution in [1.82, 2.24) is 4.90 Å². The fourth-order valence-electron chi connectivity index (χ4n) is 1.88. The van der Waals surface area contributed by atoms with Crippen LogP contribution in [0.5, 0.6) is 0 Å². The third-order valence-electron chi connectivity index (χ3n) is 2.90. The molecule has 0 radical (unpaired) electrons. The number of ether oxygens (including phenoxy) is 1. The van der Waals surface area contributed by atoms with E-state index in [0.29, 0.717) is 0 Å². The van der Waals surface area contributed by atoms with E-state index < -0.39 is 0 Å². The third kappa shape index (κ3) is 3.04. The smallest absolute Gasteiger partial charge is 0.146 e. The Morgan fingerprint density at radius 2 is 1.83 bits per heavy atom. The quantitative estimate of drug-likeness (QED) is 0.798. The highest BCUT2D eigenvalue weighted by atomic mass is 16.5. The first kappa shape index (κ1) is 12.5. The highest BCUT2D eigenvalue weighted by Crippen LogP contribution is 2.24. The molecule has 0 aliphatic carbocycles. The molecule has 0 amide bonds. The minimum Gasteiger partial charge on any atom is -0.461 e. The van der Waals surface area contributed by atoms with Crippen LogP contribution in [0.15, 0.2) is 59.7 Å². The number of rotatable bonds is 3. The maximum atomic E-state index is 5.79. The van der Waals surface area contributed by atoms with Crippen LogP contribution in [0.3, 0.4) is 0 Å². The summed E-state index contributed by atoms with van der Waals surface area (Å²) in [5.74, 6) is 1.90. The summed E-state index contributed by atoms with van der Waals surface area (Å²) in [6.45, 7) is 1.99. The molecular weight excluding hydrogens is 222 g/mol. The molecule has 0 bridgehead atoms. The summed E-state index contributed by atoms with van der Waals surface area (Å²) >= 11 is 0. The summed E-state index contributed by atoms with van der Waals surface area (Å²) in [5, 5.41) is 0. The summed E-state index contributed by atoms with van der Waals surface area (Å²) < 4.78 is 5.79. The van der Waals surface area contributed by atoms with Crippen LogP contribution in [-0.2, 0) is 4.74 Å². The van der Waals surface area contributed by atoms with Gasteiger partial charge >= 0.3 is 0 Å². The first-order valence-corrected chi connectivity index (χ1v) is 6.15. The lowest BCUT2D eigenvalue weighted by atomic mass is 10.1. The monoisotopic (exact) mass is 241 g/mol. The van der Waals surface area contributed by atoms with Crippen LogP contribution in [0.1, 0.15) is 18.9 Å². The van der Waals surface area contributed by atoms with Crippen molar-refractivity contribution in [3.8, 4) is 0 Å². The summed E-state index contributed by atoms with van der Waals surface area (Å²) in [7, 11) is 4.09. The molecule has 0 atom stereocenters. The van der Waals surface area contributed by atoms with Crippen molar-refractivity contribution in [3.05, 3.63) is 65.3 Å². The van der Waals surface area contributed by atoms with Crippen LogP contribution in [0.2, 0.25) is 0 Å². The molecule has 1 aliphatic rings. The predicted molar refractivity (Wildman–Crippen MR) is 75.6 cm³/mol. The normalized spacial score (nSPS) is 15.6. The first-order chi connectivity index (χ1) is 8.66. The Bertz CT molecular complexity index is 495. The zero-order valence-corrected chi connectivity index (χ0v) is 11.2. The number of benzene rings is 1. The molecule has 18 heavy (non-hydrogen) atoms. The van der Waals surface area contributed by atoms with Crippen molar-refractivity contribution >= 4 is 6.08 Å². The number of nitrogens with zero attached hydrogens (tertiary/aromatic N) is 1. The lowest BCUT2D eigenvalue weighted by Gasteiger charge is -2.23. The van der Waals surface area contributed by atoms with Crippen LogP contribution in [0.4, 0.5) is 0 Å². The molecule has 0 N–H and O–H groups in total. The number of hydrogen-bond donors (Lipinski definition) is 0. The highest BCUT2D eigenvalue weighted by Gasteiger charge is 2.12. The van der Waals surface area contributed by atoms with Crippen LogP contribution in [-0.4, -0.2) is 19.0 Å². The van der Waals surface area contributed by atoms with Gasteiger partial charge in [-0.1, -0.05) is 36.4 Å². The standard InChI is InChI=1S/C16H19NO/c1-13-9-11-15(17(2)3)16(18-13)12-10-14-7-5-4-6-8-14/h4-10,12H,11H2,1-3H3. The van der Waals surface area contributed by atoms with Crippen LogP contribution < -0.4 is 0 Å². The molecule has 0 spiro atoms. The third-order valence-corrected chi connectivity index (χ3v) is 2.90. The zero-order chi connectivity index (χ0) is 13.0. The molecule has 0 unspecified atom stereocenters. The molecule has 0 saturated heterocycles. The molecule has 2 nitrogen and oxygen atoms in total. The van der Waals surface area contributed by atoms with E-state index in [9.17, 15) is 0 Å². The largest absolute Gasteiger partial charge is 0.461 e. The maximum Gasteiger partial charge on any atom is 0.146 e. The summed E-state index contributed by atoms with van der Waals surface area (Å²) in [4.78, 5) is 2.10. The fraction of sp³-hybridized carbons (Fsp3) is 0.250. The van der Waals surface area contributed by atoms with E-state index in [0.717, 1.165) is 17.9 Å². The number of allylic oxidation sites excluding steroid dienone is 3. The van der Waals surface area contributed by atoms with Crippen molar-refractivity contribution in [2.45, 2.75) is 13.3 Å².